The number of fused-ring (bicyclic) bond motifs is 1. The number of hydrogen-bond acceptors (Lipinski definition) is 5. The van der Waals surface area contributed by atoms with Crippen LogP contribution in [0.15, 0.2) is 36.7 Å². The summed E-state index contributed by atoms with van der Waals surface area (Å²) in [6, 6.07) is 7.39. The predicted molar refractivity (Wildman–Crippen MR) is 107 cm³/mol. The van der Waals surface area contributed by atoms with Gasteiger partial charge < -0.3 is 24.4 Å². The number of carbonyl (C=O) groups excluding carboxylic acids is 1. The lowest BCUT2D eigenvalue weighted by atomic mass is 10.1. The van der Waals surface area contributed by atoms with E-state index in [1.807, 2.05) is 28.9 Å². The SMILES string of the molecule is COc1cc(CO)c(-c2cn3ccc(NCCCC(C)=O)cc3n2)cc1Cl. The van der Waals surface area contributed by atoms with Gasteiger partial charge in [-0.1, -0.05) is 11.6 Å². The molecule has 0 aliphatic heterocycles. The molecule has 0 atom stereocenters. The molecule has 0 saturated carbocycles. The van der Waals surface area contributed by atoms with Gasteiger partial charge in [-0.05, 0) is 37.1 Å². The number of benzene rings is 1. The minimum absolute atomic E-state index is 0.139. The summed E-state index contributed by atoms with van der Waals surface area (Å²) in [4.78, 5) is 15.7. The minimum atomic E-state index is -0.139. The van der Waals surface area contributed by atoms with Crippen molar-refractivity contribution in [3.05, 3.63) is 47.2 Å². The Balaban J connectivity index is 1.86. The summed E-state index contributed by atoms with van der Waals surface area (Å²) in [5.41, 5.74) is 3.90. The smallest absolute Gasteiger partial charge is 0.139 e. The Labute approximate surface area is 162 Å². The predicted octanol–water partition coefficient (Wildman–Crippen LogP) is 3.94. The number of halogens is 1. The quantitative estimate of drug-likeness (QED) is 0.572. The zero-order valence-corrected chi connectivity index (χ0v) is 16.1. The number of aromatic nitrogens is 2. The van der Waals surface area contributed by atoms with Crippen LogP contribution in [0.4, 0.5) is 5.69 Å². The normalized spacial score (nSPS) is 11.0. The number of aliphatic hydroxyl groups excluding tert-OH is 1. The number of rotatable bonds is 8. The molecule has 7 heteroatoms. The van der Waals surface area contributed by atoms with Crippen molar-refractivity contribution in [2.75, 3.05) is 19.0 Å². The van der Waals surface area contributed by atoms with Gasteiger partial charge in [-0.15, -0.1) is 0 Å². The lowest BCUT2D eigenvalue weighted by Gasteiger charge is -2.09. The highest BCUT2D eigenvalue weighted by Crippen LogP contribution is 2.33. The topological polar surface area (TPSA) is 75.9 Å². The Morgan fingerprint density at radius 3 is 2.89 bits per heavy atom. The molecule has 6 nitrogen and oxygen atoms in total. The van der Waals surface area contributed by atoms with Crippen LogP contribution < -0.4 is 10.1 Å². The maximum Gasteiger partial charge on any atom is 0.139 e. The summed E-state index contributed by atoms with van der Waals surface area (Å²) in [6.45, 7) is 2.19. The Kier molecular flexibility index (Phi) is 5.98. The van der Waals surface area contributed by atoms with Gasteiger partial charge in [-0.25, -0.2) is 4.98 Å². The van der Waals surface area contributed by atoms with Crippen molar-refractivity contribution in [3.8, 4) is 17.0 Å². The van der Waals surface area contributed by atoms with Crippen molar-refractivity contribution >= 4 is 28.7 Å². The van der Waals surface area contributed by atoms with E-state index < -0.39 is 0 Å². The molecule has 3 rings (SSSR count). The van der Waals surface area contributed by atoms with Crippen LogP contribution in [0, 0.1) is 0 Å². The third-order valence-electron chi connectivity index (χ3n) is 4.32. The largest absolute Gasteiger partial charge is 0.495 e. The molecule has 2 N–H and O–H groups in total. The van der Waals surface area contributed by atoms with Gasteiger partial charge in [0, 0.05) is 42.7 Å². The number of imidazole rings is 1. The molecule has 0 radical (unpaired) electrons. The Bertz CT molecular complexity index is 969. The number of Topliss-reactive ketones (excluding diaryl/α,β-unsaturated/α-hetero) is 1. The van der Waals surface area contributed by atoms with E-state index >= 15 is 0 Å². The van der Waals surface area contributed by atoms with Gasteiger partial charge in [0.25, 0.3) is 0 Å². The van der Waals surface area contributed by atoms with Crippen LogP contribution in [-0.4, -0.2) is 33.9 Å². The maximum absolute atomic E-state index is 11.0. The van der Waals surface area contributed by atoms with E-state index in [4.69, 9.17) is 16.3 Å². The van der Waals surface area contributed by atoms with Crippen LogP contribution >= 0.6 is 11.6 Å². The van der Waals surface area contributed by atoms with Gasteiger partial charge >= 0.3 is 0 Å². The van der Waals surface area contributed by atoms with Gasteiger partial charge in [0.05, 0.1) is 24.4 Å². The van der Waals surface area contributed by atoms with Crippen LogP contribution in [0.2, 0.25) is 5.02 Å². The van der Waals surface area contributed by atoms with E-state index in [1.54, 1.807) is 19.1 Å². The molecule has 0 amide bonds. The molecule has 0 fully saturated rings. The highest BCUT2D eigenvalue weighted by atomic mass is 35.5. The molecule has 2 aromatic heterocycles. The first kappa shape index (κ1) is 19.2. The standard InChI is InChI=1S/C20H22ClN3O3/c1-13(26)4-3-6-22-15-5-7-24-11-18(23-20(24)9-15)16-10-17(21)19(27-2)8-14(16)12-25/h5,7-11,22,25H,3-4,6,12H2,1-2H3. The summed E-state index contributed by atoms with van der Waals surface area (Å²) in [5.74, 6) is 0.716. The minimum Gasteiger partial charge on any atom is -0.495 e. The number of nitrogens with one attached hydrogen (secondary N) is 1. The van der Waals surface area contributed by atoms with Gasteiger partial charge in [-0.3, -0.25) is 0 Å². The molecule has 0 aliphatic carbocycles. The van der Waals surface area contributed by atoms with Gasteiger partial charge in [-0.2, -0.15) is 0 Å². The van der Waals surface area contributed by atoms with Crippen molar-refractivity contribution < 1.29 is 14.6 Å². The van der Waals surface area contributed by atoms with E-state index in [0.29, 0.717) is 22.8 Å². The Morgan fingerprint density at radius 1 is 1.37 bits per heavy atom. The molecule has 0 aliphatic rings. The fraction of sp³-hybridized carbons (Fsp3) is 0.300. The van der Waals surface area contributed by atoms with E-state index in [-0.39, 0.29) is 12.4 Å². The molecular formula is C20H22ClN3O3. The number of aliphatic hydroxyl groups is 1. The zero-order valence-electron chi connectivity index (χ0n) is 15.3. The van der Waals surface area contributed by atoms with Crippen LogP contribution in [0.3, 0.4) is 0 Å². The first-order chi connectivity index (χ1) is 13.0. The Hall–Kier alpha value is -2.57. The van der Waals surface area contributed by atoms with Crippen LogP contribution in [0.5, 0.6) is 5.75 Å². The fourth-order valence-corrected chi connectivity index (χ4v) is 3.15. The maximum atomic E-state index is 11.0. The molecule has 3 aromatic rings. The van der Waals surface area contributed by atoms with E-state index in [0.717, 1.165) is 35.6 Å². The Morgan fingerprint density at radius 2 is 2.19 bits per heavy atom. The second-order valence-corrected chi connectivity index (χ2v) is 6.75. The first-order valence-corrected chi connectivity index (χ1v) is 9.09. The molecule has 0 bridgehead atoms. The zero-order chi connectivity index (χ0) is 19.4. The number of nitrogens with zero attached hydrogens (tertiary/aromatic N) is 2. The third kappa shape index (κ3) is 4.40. The number of ketones is 1. The molecule has 0 saturated heterocycles. The third-order valence-corrected chi connectivity index (χ3v) is 4.61. The number of ether oxygens (including phenoxy) is 1. The first-order valence-electron chi connectivity index (χ1n) is 8.71. The average Bonchev–Trinajstić information content (AvgIpc) is 3.08. The molecule has 2 heterocycles. The molecule has 0 spiro atoms. The number of methoxy groups -OCH3 is 1. The van der Waals surface area contributed by atoms with E-state index in [1.165, 1.54) is 7.11 Å². The summed E-state index contributed by atoms with van der Waals surface area (Å²) < 4.78 is 7.13. The van der Waals surface area contributed by atoms with Crippen molar-refractivity contribution in [1.82, 2.24) is 9.38 Å². The van der Waals surface area contributed by atoms with Gasteiger partial charge in [0.2, 0.25) is 0 Å². The number of carbonyl (C=O) groups is 1. The lowest BCUT2D eigenvalue weighted by Crippen LogP contribution is -2.03. The van der Waals surface area contributed by atoms with E-state index in [2.05, 4.69) is 10.3 Å². The molecular weight excluding hydrogens is 366 g/mol. The van der Waals surface area contributed by atoms with Crippen LogP contribution in [0.25, 0.3) is 16.9 Å². The summed E-state index contributed by atoms with van der Waals surface area (Å²) in [6.07, 6.45) is 5.18. The highest BCUT2D eigenvalue weighted by Gasteiger charge is 2.13. The second-order valence-electron chi connectivity index (χ2n) is 6.34. The average molecular weight is 388 g/mol. The number of pyridine rings is 1. The van der Waals surface area contributed by atoms with Crippen molar-refractivity contribution in [2.24, 2.45) is 0 Å². The monoisotopic (exact) mass is 387 g/mol. The molecule has 142 valence electrons. The van der Waals surface area contributed by atoms with Crippen LogP contribution in [-0.2, 0) is 11.4 Å². The van der Waals surface area contributed by atoms with Gasteiger partial charge in [0.15, 0.2) is 0 Å². The van der Waals surface area contributed by atoms with Gasteiger partial charge in [0.1, 0.15) is 17.2 Å². The van der Waals surface area contributed by atoms with Crippen molar-refractivity contribution in [3.63, 3.8) is 0 Å². The fourth-order valence-electron chi connectivity index (χ4n) is 2.91. The highest BCUT2D eigenvalue weighted by molar-refractivity contribution is 6.32. The van der Waals surface area contributed by atoms with Crippen molar-refractivity contribution in [2.45, 2.75) is 26.4 Å². The molecule has 0 unspecified atom stereocenters. The second kappa shape index (κ2) is 8.41. The summed E-state index contributed by atoms with van der Waals surface area (Å²) in [7, 11) is 1.54. The lowest BCUT2D eigenvalue weighted by molar-refractivity contribution is -0.117. The molecule has 27 heavy (non-hydrogen) atoms. The summed E-state index contributed by atoms with van der Waals surface area (Å²) >= 11 is 6.25. The van der Waals surface area contributed by atoms with Crippen molar-refractivity contribution in [1.29, 1.82) is 0 Å². The number of hydrogen-bond donors (Lipinski definition) is 2. The summed E-state index contributed by atoms with van der Waals surface area (Å²) in [5, 5.41) is 13.5. The van der Waals surface area contributed by atoms with Crippen LogP contribution in [0.1, 0.15) is 25.3 Å². The molecule has 1 aromatic carbocycles. The van der Waals surface area contributed by atoms with E-state index in [9.17, 15) is 9.90 Å². The number of anilines is 1.